The minimum Gasteiger partial charge on any atom is -0.629 e. The highest BCUT2D eigenvalue weighted by Gasteiger charge is 2.62. The lowest BCUT2D eigenvalue weighted by molar-refractivity contribution is -0.941. The Hall–Kier alpha value is -1.30. The van der Waals surface area contributed by atoms with Crippen molar-refractivity contribution in [1.82, 2.24) is 10.9 Å². The molecule has 9 nitrogen and oxygen atoms in total. The minimum atomic E-state index is -1.62. The molecule has 3 heterocycles. The van der Waals surface area contributed by atoms with Crippen molar-refractivity contribution >= 4 is 35.4 Å². The molecule has 30 heavy (non-hydrogen) atoms. The number of hydrogen-bond donors (Lipinski definition) is 4. The van der Waals surface area contributed by atoms with E-state index < -0.39 is 34.8 Å². The van der Waals surface area contributed by atoms with Gasteiger partial charge in [-0.3, -0.25) is 0 Å². The quantitative estimate of drug-likeness (QED) is 0.306. The lowest BCUT2D eigenvalue weighted by Gasteiger charge is -2.48. The molecule has 2 fully saturated rings. The second-order valence-electron chi connectivity index (χ2n) is 8.18. The zero-order valence-electron chi connectivity index (χ0n) is 16.6. The van der Waals surface area contributed by atoms with Gasteiger partial charge in [-0.05, 0) is 24.6 Å². The number of ether oxygens (including phenoxy) is 1. The van der Waals surface area contributed by atoms with Crippen molar-refractivity contribution in [1.29, 1.82) is 0 Å². The third kappa shape index (κ3) is 3.53. The SMILES string of the molecule is CNNC1=NC=NC2C1CC[N+]2([O-])[C@@H]1O[C@H](Cc2ccc(Cl)c(Cl)c2)[C@@](C)(O)[C@H]1O. The van der Waals surface area contributed by atoms with Gasteiger partial charge in [0.1, 0.15) is 17.8 Å². The normalized spacial score (nSPS) is 40.4. The van der Waals surface area contributed by atoms with Crippen molar-refractivity contribution in [2.75, 3.05) is 13.6 Å². The number of halogens is 2. The molecular weight excluding hydrogens is 433 g/mol. The van der Waals surface area contributed by atoms with Crippen LogP contribution >= 0.6 is 23.2 Å². The number of benzene rings is 1. The summed E-state index contributed by atoms with van der Waals surface area (Å²) in [5.41, 5.74) is 4.92. The van der Waals surface area contributed by atoms with E-state index in [-0.39, 0.29) is 18.9 Å². The topological polar surface area (TPSA) is 122 Å². The summed E-state index contributed by atoms with van der Waals surface area (Å²) in [6.07, 6.45) is -1.91. The van der Waals surface area contributed by atoms with E-state index in [0.29, 0.717) is 22.3 Å². The zero-order chi connectivity index (χ0) is 21.7. The lowest BCUT2D eigenvalue weighted by Crippen LogP contribution is -2.61. The number of rotatable bonds is 4. The molecule has 11 heteroatoms. The van der Waals surface area contributed by atoms with Crippen molar-refractivity contribution in [3.05, 3.63) is 39.0 Å². The van der Waals surface area contributed by atoms with Crippen LogP contribution in [-0.2, 0) is 11.2 Å². The molecule has 1 aromatic carbocycles. The highest BCUT2D eigenvalue weighted by Crippen LogP contribution is 2.44. The molecule has 0 aromatic heterocycles. The summed E-state index contributed by atoms with van der Waals surface area (Å²) in [4.78, 5) is 8.52. The molecule has 0 bridgehead atoms. The molecule has 0 amide bonds. The Morgan fingerprint density at radius 1 is 1.37 bits per heavy atom. The number of aliphatic hydroxyl groups is 2. The Balaban J connectivity index is 1.57. The van der Waals surface area contributed by atoms with E-state index >= 15 is 0 Å². The van der Waals surface area contributed by atoms with Gasteiger partial charge >= 0.3 is 0 Å². The summed E-state index contributed by atoms with van der Waals surface area (Å²) in [5, 5.41) is 36.6. The minimum absolute atomic E-state index is 0.189. The van der Waals surface area contributed by atoms with Crippen molar-refractivity contribution in [3.8, 4) is 0 Å². The van der Waals surface area contributed by atoms with Crippen molar-refractivity contribution in [2.45, 2.75) is 50.0 Å². The molecule has 2 saturated heterocycles. The number of likely N-dealkylation sites (tertiary alicyclic amines) is 1. The van der Waals surface area contributed by atoms with Crippen molar-refractivity contribution < 1.29 is 19.6 Å². The number of nitrogens with one attached hydrogen (secondary N) is 2. The predicted octanol–water partition coefficient (Wildman–Crippen LogP) is 1.20. The Morgan fingerprint density at radius 2 is 2.13 bits per heavy atom. The molecule has 0 aliphatic carbocycles. The fourth-order valence-corrected chi connectivity index (χ4v) is 4.87. The number of nitrogens with zero attached hydrogens (tertiary/aromatic N) is 3. The van der Waals surface area contributed by atoms with Crippen LogP contribution in [0.25, 0.3) is 0 Å². The lowest BCUT2D eigenvalue weighted by atomic mass is 9.90. The van der Waals surface area contributed by atoms with Crippen LogP contribution in [0.3, 0.4) is 0 Å². The van der Waals surface area contributed by atoms with Crippen LogP contribution in [0.5, 0.6) is 0 Å². The van der Waals surface area contributed by atoms with Crippen LogP contribution in [0, 0.1) is 11.1 Å². The fourth-order valence-electron chi connectivity index (χ4n) is 4.55. The van der Waals surface area contributed by atoms with Gasteiger partial charge in [0.15, 0.2) is 12.3 Å². The monoisotopic (exact) mass is 457 g/mol. The van der Waals surface area contributed by atoms with Gasteiger partial charge in [-0.15, -0.1) is 0 Å². The molecule has 0 radical (unpaired) electrons. The molecule has 4 N–H and O–H groups in total. The summed E-state index contributed by atoms with van der Waals surface area (Å²) in [6.45, 7) is 1.67. The number of aliphatic imine (C=N–C) groups is 2. The van der Waals surface area contributed by atoms with Gasteiger partial charge in [-0.2, -0.15) is 0 Å². The van der Waals surface area contributed by atoms with Crippen molar-refractivity contribution in [3.63, 3.8) is 0 Å². The maximum Gasteiger partial charge on any atom is 0.224 e. The van der Waals surface area contributed by atoms with Crippen molar-refractivity contribution in [2.24, 2.45) is 15.9 Å². The molecule has 164 valence electrons. The Kier molecular flexibility index (Phi) is 5.84. The summed E-state index contributed by atoms with van der Waals surface area (Å²) >= 11 is 12.1. The Labute approximate surface area is 184 Å². The second kappa shape index (κ2) is 7.99. The van der Waals surface area contributed by atoms with Crippen LogP contribution in [0.4, 0.5) is 0 Å². The van der Waals surface area contributed by atoms with Gasteiger partial charge in [0.05, 0.1) is 28.6 Å². The molecule has 7 atom stereocenters. The number of hydroxylamine groups is 3. The van der Waals surface area contributed by atoms with Crippen LogP contribution in [0.2, 0.25) is 10.0 Å². The van der Waals surface area contributed by atoms with Crippen LogP contribution in [0.15, 0.2) is 28.2 Å². The molecule has 0 spiro atoms. The first-order valence-corrected chi connectivity index (χ1v) is 10.5. The van der Waals surface area contributed by atoms with E-state index in [9.17, 15) is 15.4 Å². The zero-order valence-corrected chi connectivity index (χ0v) is 18.1. The average Bonchev–Trinajstić information content (AvgIpc) is 3.16. The number of hydrogen-bond acceptors (Lipinski definition) is 8. The van der Waals surface area contributed by atoms with E-state index in [4.69, 9.17) is 27.9 Å². The highest BCUT2D eigenvalue weighted by molar-refractivity contribution is 6.42. The van der Waals surface area contributed by atoms with Gasteiger partial charge in [0, 0.05) is 19.9 Å². The largest absolute Gasteiger partial charge is 0.629 e. The second-order valence-corrected chi connectivity index (χ2v) is 8.99. The van der Waals surface area contributed by atoms with Gasteiger partial charge < -0.3 is 30.2 Å². The molecule has 0 saturated carbocycles. The smallest absolute Gasteiger partial charge is 0.224 e. The van der Waals surface area contributed by atoms with E-state index in [2.05, 4.69) is 20.8 Å². The number of aliphatic hydroxyl groups excluding tert-OH is 1. The van der Waals surface area contributed by atoms with E-state index in [1.807, 2.05) is 0 Å². The third-order valence-corrected chi connectivity index (χ3v) is 7.02. The fraction of sp³-hybridized carbons (Fsp3) is 0.579. The van der Waals surface area contributed by atoms with Gasteiger partial charge in [0.25, 0.3) is 0 Å². The molecule has 1 aromatic rings. The number of fused-ring (bicyclic) bond motifs is 1. The summed E-state index contributed by atoms with van der Waals surface area (Å²) in [6, 6.07) is 5.13. The summed E-state index contributed by atoms with van der Waals surface area (Å²) in [7, 11) is 1.71. The molecule has 3 unspecified atom stereocenters. The first kappa shape index (κ1) is 21.9. The first-order chi connectivity index (χ1) is 14.2. The summed E-state index contributed by atoms with van der Waals surface area (Å²) < 4.78 is 5.15. The van der Waals surface area contributed by atoms with Crippen LogP contribution < -0.4 is 10.9 Å². The maximum atomic E-state index is 13.9. The molecule has 3 aliphatic rings. The predicted molar refractivity (Wildman–Crippen MR) is 114 cm³/mol. The number of amidine groups is 1. The molecule has 3 aliphatic heterocycles. The maximum absolute atomic E-state index is 13.9. The molecule has 4 rings (SSSR count). The van der Waals surface area contributed by atoms with Gasteiger partial charge in [-0.25, -0.2) is 15.4 Å². The number of hydrazine groups is 1. The third-order valence-electron chi connectivity index (χ3n) is 6.28. The molecular formula is C19H25Cl2N5O4. The van der Waals surface area contributed by atoms with Gasteiger partial charge in [-0.1, -0.05) is 29.3 Å². The average molecular weight is 458 g/mol. The Bertz CT molecular complexity index is 882. The number of quaternary nitrogens is 1. The Morgan fingerprint density at radius 3 is 2.83 bits per heavy atom. The van der Waals surface area contributed by atoms with Crippen LogP contribution in [-0.4, -0.2) is 70.8 Å². The van der Waals surface area contributed by atoms with E-state index in [1.165, 1.54) is 13.3 Å². The first-order valence-electron chi connectivity index (χ1n) is 9.79. The van der Waals surface area contributed by atoms with E-state index in [1.54, 1.807) is 25.2 Å². The summed E-state index contributed by atoms with van der Waals surface area (Å²) in [5.74, 6) is 0.398. The van der Waals surface area contributed by atoms with E-state index in [0.717, 1.165) is 5.56 Å². The highest BCUT2D eigenvalue weighted by atomic mass is 35.5. The standard InChI is InChI=1S/C19H25Cl2N5O4/c1-19(28)14(8-10-3-4-12(20)13(21)7-10)30-18(15(19)27)26(29)6-5-11-16(25-22-2)23-9-24-17(11)26/h3-4,7,9,11,14-15,17-18,22,27-28H,5-6,8H2,1-2H3,(H,23,24,25)/t11?,14-,15+,17?,18-,19-,26?/m1/s1. The van der Waals surface area contributed by atoms with Gasteiger partial charge in [0.2, 0.25) is 6.23 Å². The van der Waals surface area contributed by atoms with Crippen LogP contribution in [0.1, 0.15) is 18.9 Å².